The molecule has 0 bridgehead atoms. The SMILES string of the molecule is CCNc1cc(Oc2ccc(C#N)cc2)nc(SC)n1. The summed E-state index contributed by atoms with van der Waals surface area (Å²) in [6, 6.07) is 10.7. The van der Waals surface area contributed by atoms with Crippen LogP contribution in [-0.4, -0.2) is 22.8 Å². The molecule has 0 fully saturated rings. The summed E-state index contributed by atoms with van der Waals surface area (Å²) in [5.74, 6) is 1.85. The van der Waals surface area contributed by atoms with Crippen LogP contribution in [0.2, 0.25) is 0 Å². The molecular formula is C14H14N4OS. The Morgan fingerprint density at radius 3 is 2.65 bits per heavy atom. The number of anilines is 1. The predicted molar refractivity (Wildman–Crippen MR) is 79.2 cm³/mol. The van der Waals surface area contributed by atoms with Crippen LogP contribution in [0.1, 0.15) is 12.5 Å². The number of rotatable bonds is 5. The van der Waals surface area contributed by atoms with Crippen LogP contribution in [0, 0.1) is 11.3 Å². The molecule has 0 amide bonds. The van der Waals surface area contributed by atoms with Crippen molar-refractivity contribution in [2.24, 2.45) is 0 Å². The molecule has 102 valence electrons. The Kier molecular flexibility index (Phi) is 4.80. The lowest BCUT2D eigenvalue weighted by Gasteiger charge is -2.08. The van der Waals surface area contributed by atoms with Crippen molar-refractivity contribution in [3.8, 4) is 17.7 Å². The summed E-state index contributed by atoms with van der Waals surface area (Å²) in [4.78, 5) is 8.62. The van der Waals surface area contributed by atoms with Crippen LogP contribution in [0.3, 0.4) is 0 Å². The highest BCUT2D eigenvalue weighted by Crippen LogP contribution is 2.24. The van der Waals surface area contributed by atoms with E-state index in [0.717, 1.165) is 12.4 Å². The predicted octanol–water partition coefficient (Wildman–Crippen LogP) is 3.29. The molecule has 0 aliphatic rings. The van der Waals surface area contributed by atoms with Gasteiger partial charge < -0.3 is 10.1 Å². The van der Waals surface area contributed by atoms with Crippen LogP contribution in [0.15, 0.2) is 35.5 Å². The monoisotopic (exact) mass is 286 g/mol. The first-order valence-electron chi connectivity index (χ1n) is 6.10. The fourth-order valence-electron chi connectivity index (χ4n) is 1.54. The Bertz CT molecular complexity index is 622. The smallest absolute Gasteiger partial charge is 0.225 e. The van der Waals surface area contributed by atoms with Gasteiger partial charge in [-0.15, -0.1) is 0 Å². The van der Waals surface area contributed by atoms with Gasteiger partial charge in [-0.25, -0.2) is 4.98 Å². The third-order valence-electron chi connectivity index (χ3n) is 2.43. The highest BCUT2D eigenvalue weighted by molar-refractivity contribution is 7.98. The standard InChI is InChI=1S/C14H14N4OS/c1-3-16-12-8-13(18-14(17-12)20-2)19-11-6-4-10(9-15)5-7-11/h4-8H,3H2,1-2H3,(H,16,17,18). The van der Waals surface area contributed by atoms with E-state index in [1.165, 1.54) is 11.8 Å². The van der Waals surface area contributed by atoms with E-state index >= 15 is 0 Å². The second-order valence-corrected chi connectivity index (χ2v) is 4.62. The first-order chi connectivity index (χ1) is 9.75. The number of benzene rings is 1. The van der Waals surface area contributed by atoms with E-state index < -0.39 is 0 Å². The van der Waals surface area contributed by atoms with Crippen molar-refractivity contribution in [1.82, 2.24) is 9.97 Å². The second-order valence-electron chi connectivity index (χ2n) is 3.85. The van der Waals surface area contributed by atoms with Crippen LogP contribution in [0.4, 0.5) is 5.82 Å². The van der Waals surface area contributed by atoms with E-state index in [9.17, 15) is 0 Å². The highest BCUT2D eigenvalue weighted by Gasteiger charge is 2.06. The van der Waals surface area contributed by atoms with Gasteiger partial charge in [-0.3, -0.25) is 0 Å². The summed E-state index contributed by atoms with van der Waals surface area (Å²) in [6.45, 7) is 2.78. The van der Waals surface area contributed by atoms with Crippen molar-refractivity contribution in [1.29, 1.82) is 5.26 Å². The van der Waals surface area contributed by atoms with E-state index in [0.29, 0.717) is 22.3 Å². The van der Waals surface area contributed by atoms with Gasteiger partial charge in [0, 0.05) is 12.6 Å². The molecule has 0 radical (unpaired) electrons. The highest BCUT2D eigenvalue weighted by atomic mass is 32.2. The van der Waals surface area contributed by atoms with Crippen molar-refractivity contribution in [2.75, 3.05) is 18.1 Å². The lowest BCUT2D eigenvalue weighted by atomic mass is 10.2. The molecule has 0 saturated heterocycles. The molecule has 1 aromatic carbocycles. The second kappa shape index (κ2) is 6.78. The molecule has 0 aliphatic carbocycles. The summed E-state index contributed by atoms with van der Waals surface area (Å²) in [6.07, 6.45) is 1.91. The molecule has 0 spiro atoms. The van der Waals surface area contributed by atoms with E-state index in [4.69, 9.17) is 10.00 Å². The van der Waals surface area contributed by atoms with E-state index in [2.05, 4.69) is 21.4 Å². The summed E-state index contributed by atoms with van der Waals surface area (Å²) in [5.41, 5.74) is 0.596. The maximum absolute atomic E-state index is 8.76. The molecule has 5 nitrogen and oxygen atoms in total. The summed E-state index contributed by atoms with van der Waals surface area (Å²) < 4.78 is 5.69. The van der Waals surface area contributed by atoms with Gasteiger partial charge in [-0.2, -0.15) is 10.2 Å². The number of nitrogens with zero attached hydrogens (tertiary/aromatic N) is 3. The largest absolute Gasteiger partial charge is 0.439 e. The third kappa shape index (κ3) is 3.62. The minimum atomic E-state index is 0.477. The fourth-order valence-corrected chi connectivity index (χ4v) is 1.91. The number of aromatic nitrogens is 2. The van der Waals surface area contributed by atoms with Gasteiger partial charge in [0.15, 0.2) is 5.16 Å². The number of hydrogen-bond donors (Lipinski definition) is 1. The maximum Gasteiger partial charge on any atom is 0.225 e. The normalized spacial score (nSPS) is 9.85. The van der Waals surface area contributed by atoms with Crippen LogP contribution >= 0.6 is 11.8 Å². The van der Waals surface area contributed by atoms with Crippen molar-refractivity contribution in [3.05, 3.63) is 35.9 Å². The Morgan fingerprint density at radius 1 is 1.30 bits per heavy atom. The molecule has 1 aromatic heterocycles. The summed E-state index contributed by atoms with van der Waals surface area (Å²) in [7, 11) is 0. The van der Waals surface area contributed by atoms with E-state index in [-0.39, 0.29) is 0 Å². The first kappa shape index (κ1) is 14.2. The maximum atomic E-state index is 8.76. The Hall–Kier alpha value is -2.26. The molecule has 0 unspecified atom stereocenters. The van der Waals surface area contributed by atoms with Gasteiger partial charge in [0.25, 0.3) is 0 Å². The lowest BCUT2D eigenvalue weighted by Crippen LogP contribution is -2.02. The third-order valence-corrected chi connectivity index (χ3v) is 2.98. The van der Waals surface area contributed by atoms with Crippen LogP contribution in [0.5, 0.6) is 11.6 Å². The van der Waals surface area contributed by atoms with Gasteiger partial charge in [0.2, 0.25) is 5.88 Å². The van der Waals surface area contributed by atoms with Crippen molar-refractivity contribution in [2.45, 2.75) is 12.1 Å². The molecule has 0 atom stereocenters. The first-order valence-corrected chi connectivity index (χ1v) is 7.32. The summed E-state index contributed by atoms with van der Waals surface area (Å²) >= 11 is 1.45. The Labute approximate surface area is 122 Å². The van der Waals surface area contributed by atoms with Crippen molar-refractivity contribution < 1.29 is 4.74 Å². The van der Waals surface area contributed by atoms with Crippen LogP contribution in [0.25, 0.3) is 0 Å². The van der Waals surface area contributed by atoms with Crippen molar-refractivity contribution >= 4 is 17.6 Å². The number of nitriles is 1. The number of nitrogens with one attached hydrogen (secondary N) is 1. The van der Waals surface area contributed by atoms with Gasteiger partial charge in [0.05, 0.1) is 11.6 Å². The fraction of sp³-hybridized carbons (Fsp3) is 0.214. The number of ether oxygens (including phenoxy) is 1. The number of thioether (sulfide) groups is 1. The molecule has 0 aliphatic heterocycles. The molecule has 6 heteroatoms. The van der Waals surface area contributed by atoms with E-state index in [1.54, 1.807) is 30.3 Å². The number of hydrogen-bond acceptors (Lipinski definition) is 6. The van der Waals surface area contributed by atoms with Gasteiger partial charge >= 0.3 is 0 Å². The minimum Gasteiger partial charge on any atom is -0.439 e. The topological polar surface area (TPSA) is 70.8 Å². The van der Waals surface area contributed by atoms with Crippen LogP contribution < -0.4 is 10.1 Å². The molecule has 2 rings (SSSR count). The molecule has 1 heterocycles. The Balaban J connectivity index is 2.22. The zero-order chi connectivity index (χ0) is 14.4. The molecule has 1 N–H and O–H groups in total. The van der Waals surface area contributed by atoms with Gasteiger partial charge in [-0.1, -0.05) is 11.8 Å². The van der Waals surface area contributed by atoms with Gasteiger partial charge in [0.1, 0.15) is 11.6 Å². The average Bonchev–Trinajstić information content (AvgIpc) is 2.48. The Morgan fingerprint density at radius 2 is 2.05 bits per heavy atom. The minimum absolute atomic E-state index is 0.477. The van der Waals surface area contributed by atoms with E-state index in [1.807, 2.05) is 13.2 Å². The zero-order valence-corrected chi connectivity index (χ0v) is 12.1. The van der Waals surface area contributed by atoms with Crippen molar-refractivity contribution in [3.63, 3.8) is 0 Å². The zero-order valence-electron chi connectivity index (χ0n) is 11.3. The lowest BCUT2D eigenvalue weighted by molar-refractivity contribution is 0.456. The molecule has 20 heavy (non-hydrogen) atoms. The molecular weight excluding hydrogens is 272 g/mol. The summed E-state index contributed by atoms with van der Waals surface area (Å²) in [5, 5.41) is 12.5. The van der Waals surface area contributed by atoms with Gasteiger partial charge in [-0.05, 0) is 37.4 Å². The molecule has 2 aromatic rings. The van der Waals surface area contributed by atoms with Crippen LogP contribution in [-0.2, 0) is 0 Å². The molecule has 0 saturated carbocycles. The quantitative estimate of drug-likeness (QED) is 0.671. The average molecular weight is 286 g/mol.